The van der Waals surface area contributed by atoms with E-state index in [1.165, 1.54) is 6.42 Å². The number of anilines is 1. The van der Waals surface area contributed by atoms with E-state index in [4.69, 9.17) is 4.74 Å². The summed E-state index contributed by atoms with van der Waals surface area (Å²) in [5, 5.41) is 6.89. The van der Waals surface area contributed by atoms with Crippen LogP contribution in [-0.2, 0) is 4.74 Å². The number of piperazine rings is 1. The van der Waals surface area contributed by atoms with Crippen LogP contribution >= 0.6 is 0 Å². The first kappa shape index (κ1) is 16.3. The molecule has 1 aromatic heterocycles. The zero-order chi connectivity index (χ0) is 17.1. The first-order valence-electron chi connectivity index (χ1n) is 9.00. The van der Waals surface area contributed by atoms with Crippen LogP contribution < -0.4 is 10.5 Å². The molecule has 6 nitrogen and oxygen atoms in total. The van der Waals surface area contributed by atoms with Crippen molar-refractivity contribution in [2.24, 2.45) is 5.92 Å². The molecule has 0 aliphatic carbocycles. The minimum atomic E-state index is -0.153. The fraction of sp³-hybridized carbons (Fsp3) is 0.474. The number of ether oxygens (including phenoxy) is 1. The van der Waals surface area contributed by atoms with E-state index in [2.05, 4.69) is 20.0 Å². The summed E-state index contributed by atoms with van der Waals surface area (Å²) >= 11 is 0. The molecular formula is C19H24N4O2. The standard InChI is InChI=1S/C19H24N4O2/c24-18-12-17(19(21-20-18)16-4-2-1-3-5-16)23-9-7-22(8-10-23)13-15-6-11-25-14-15/h1-5,12,15H,6-11,13-14H2,(H,20,24)/t15-/m1/s1. The zero-order valence-electron chi connectivity index (χ0n) is 14.4. The highest BCUT2D eigenvalue weighted by Gasteiger charge is 2.24. The van der Waals surface area contributed by atoms with Gasteiger partial charge in [-0.2, -0.15) is 5.10 Å². The van der Waals surface area contributed by atoms with E-state index in [-0.39, 0.29) is 5.56 Å². The molecule has 25 heavy (non-hydrogen) atoms. The Morgan fingerprint density at radius 2 is 1.96 bits per heavy atom. The van der Waals surface area contributed by atoms with E-state index in [1.54, 1.807) is 6.07 Å². The van der Waals surface area contributed by atoms with Crippen LogP contribution in [0.3, 0.4) is 0 Å². The molecule has 2 aromatic rings. The Morgan fingerprint density at radius 1 is 1.16 bits per heavy atom. The molecule has 4 rings (SSSR count). The van der Waals surface area contributed by atoms with E-state index < -0.39 is 0 Å². The number of nitrogens with zero attached hydrogens (tertiary/aromatic N) is 3. The van der Waals surface area contributed by atoms with Gasteiger partial charge in [0.1, 0.15) is 5.69 Å². The molecule has 3 heterocycles. The first-order valence-corrected chi connectivity index (χ1v) is 9.00. The highest BCUT2D eigenvalue weighted by molar-refractivity contribution is 5.74. The van der Waals surface area contributed by atoms with Gasteiger partial charge in [-0.1, -0.05) is 30.3 Å². The van der Waals surface area contributed by atoms with E-state index in [0.717, 1.165) is 62.9 Å². The molecule has 2 fully saturated rings. The highest BCUT2D eigenvalue weighted by atomic mass is 16.5. The predicted molar refractivity (Wildman–Crippen MR) is 97.9 cm³/mol. The Labute approximate surface area is 147 Å². The largest absolute Gasteiger partial charge is 0.381 e. The van der Waals surface area contributed by atoms with E-state index in [0.29, 0.717) is 5.92 Å². The molecule has 6 heteroatoms. The van der Waals surface area contributed by atoms with Crippen molar-refractivity contribution in [3.05, 3.63) is 46.8 Å². The third-order valence-corrected chi connectivity index (χ3v) is 5.09. The summed E-state index contributed by atoms with van der Waals surface area (Å²) in [7, 11) is 0. The maximum atomic E-state index is 11.8. The van der Waals surface area contributed by atoms with Crippen molar-refractivity contribution in [3.8, 4) is 11.3 Å². The molecule has 0 spiro atoms. The summed E-state index contributed by atoms with van der Waals surface area (Å²) in [6, 6.07) is 11.7. The molecule has 0 unspecified atom stereocenters. The van der Waals surface area contributed by atoms with Crippen LogP contribution in [-0.4, -0.2) is 61.0 Å². The third-order valence-electron chi connectivity index (χ3n) is 5.09. The Bertz CT molecular complexity index is 748. The zero-order valence-corrected chi connectivity index (χ0v) is 14.4. The van der Waals surface area contributed by atoms with Crippen molar-refractivity contribution in [3.63, 3.8) is 0 Å². The van der Waals surface area contributed by atoms with Gasteiger partial charge in [-0.05, 0) is 12.3 Å². The quantitative estimate of drug-likeness (QED) is 0.916. The highest BCUT2D eigenvalue weighted by Crippen LogP contribution is 2.28. The summed E-state index contributed by atoms with van der Waals surface area (Å²) in [6.45, 7) is 6.78. The maximum absolute atomic E-state index is 11.8. The molecule has 1 aromatic carbocycles. The fourth-order valence-corrected chi connectivity index (χ4v) is 3.71. The van der Waals surface area contributed by atoms with Gasteiger partial charge in [0.2, 0.25) is 0 Å². The number of hydrogen-bond donors (Lipinski definition) is 1. The lowest BCUT2D eigenvalue weighted by atomic mass is 10.1. The Balaban J connectivity index is 1.49. The van der Waals surface area contributed by atoms with Crippen molar-refractivity contribution in [2.75, 3.05) is 50.8 Å². The lowest BCUT2D eigenvalue weighted by molar-refractivity contribution is 0.164. The second-order valence-electron chi connectivity index (χ2n) is 6.85. The molecule has 0 saturated carbocycles. The van der Waals surface area contributed by atoms with Crippen LogP contribution in [0.5, 0.6) is 0 Å². The van der Waals surface area contributed by atoms with Crippen molar-refractivity contribution in [1.29, 1.82) is 0 Å². The first-order chi connectivity index (χ1) is 12.3. The van der Waals surface area contributed by atoms with Crippen LogP contribution in [0.2, 0.25) is 0 Å². The molecule has 2 aliphatic heterocycles. The second-order valence-corrected chi connectivity index (χ2v) is 6.85. The van der Waals surface area contributed by atoms with E-state index in [1.807, 2.05) is 30.3 Å². The van der Waals surface area contributed by atoms with Gasteiger partial charge in [-0.3, -0.25) is 9.69 Å². The smallest absolute Gasteiger partial charge is 0.266 e. The minimum absolute atomic E-state index is 0.153. The lowest BCUT2D eigenvalue weighted by Gasteiger charge is -2.37. The molecular weight excluding hydrogens is 316 g/mol. The van der Waals surface area contributed by atoms with E-state index >= 15 is 0 Å². The Morgan fingerprint density at radius 3 is 2.68 bits per heavy atom. The number of H-pyrrole nitrogens is 1. The van der Waals surface area contributed by atoms with Crippen LogP contribution in [0.15, 0.2) is 41.2 Å². The van der Waals surface area contributed by atoms with E-state index in [9.17, 15) is 4.79 Å². The Kier molecular flexibility index (Phi) is 4.81. The van der Waals surface area contributed by atoms with Gasteiger partial charge in [-0.15, -0.1) is 0 Å². The second kappa shape index (κ2) is 7.37. The summed E-state index contributed by atoms with van der Waals surface area (Å²) in [5.74, 6) is 0.674. The Hall–Kier alpha value is -2.18. The monoisotopic (exact) mass is 340 g/mol. The van der Waals surface area contributed by atoms with Crippen molar-refractivity contribution >= 4 is 5.69 Å². The van der Waals surface area contributed by atoms with Crippen molar-refractivity contribution < 1.29 is 4.74 Å². The fourth-order valence-electron chi connectivity index (χ4n) is 3.71. The topological polar surface area (TPSA) is 61.5 Å². The van der Waals surface area contributed by atoms with Gasteiger partial charge in [-0.25, -0.2) is 5.10 Å². The van der Waals surface area contributed by atoms with Gasteiger partial charge in [0.25, 0.3) is 5.56 Å². The molecule has 2 saturated heterocycles. The van der Waals surface area contributed by atoms with Crippen molar-refractivity contribution in [2.45, 2.75) is 6.42 Å². The number of hydrogen-bond acceptors (Lipinski definition) is 5. The summed E-state index contributed by atoms with van der Waals surface area (Å²) in [4.78, 5) is 16.6. The minimum Gasteiger partial charge on any atom is -0.381 e. The normalized spacial score (nSPS) is 21.6. The number of rotatable bonds is 4. The number of aromatic nitrogens is 2. The number of nitrogens with one attached hydrogen (secondary N) is 1. The van der Waals surface area contributed by atoms with Gasteiger partial charge >= 0.3 is 0 Å². The van der Waals surface area contributed by atoms with Crippen LogP contribution in [0.25, 0.3) is 11.3 Å². The molecule has 2 aliphatic rings. The van der Waals surface area contributed by atoms with Gasteiger partial charge in [0, 0.05) is 51.0 Å². The molecule has 132 valence electrons. The summed E-state index contributed by atoms with van der Waals surface area (Å²) < 4.78 is 5.48. The molecule has 0 amide bonds. The van der Waals surface area contributed by atoms with Crippen LogP contribution in [0.1, 0.15) is 6.42 Å². The van der Waals surface area contributed by atoms with Gasteiger partial charge in [0.05, 0.1) is 12.3 Å². The van der Waals surface area contributed by atoms with Crippen molar-refractivity contribution in [1.82, 2.24) is 15.1 Å². The maximum Gasteiger partial charge on any atom is 0.266 e. The van der Waals surface area contributed by atoms with Gasteiger partial charge < -0.3 is 9.64 Å². The SMILES string of the molecule is O=c1cc(N2CCN(C[C@H]3CCOC3)CC2)c(-c2ccccc2)n[nH]1. The molecule has 1 atom stereocenters. The number of benzene rings is 1. The average molecular weight is 340 g/mol. The lowest BCUT2D eigenvalue weighted by Crippen LogP contribution is -2.48. The molecule has 0 bridgehead atoms. The summed E-state index contributed by atoms with van der Waals surface area (Å²) in [5.41, 5.74) is 2.65. The third kappa shape index (κ3) is 3.75. The predicted octanol–water partition coefficient (Wildman–Crippen LogP) is 1.60. The number of aromatic amines is 1. The van der Waals surface area contributed by atoms with Crippen LogP contribution in [0.4, 0.5) is 5.69 Å². The summed E-state index contributed by atoms with van der Waals surface area (Å²) in [6.07, 6.45) is 1.18. The average Bonchev–Trinajstić information content (AvgIpc) is 3.16. The van der Waals surface area contributed by atoms with Gasteiger partial charge in [0.15, 0.2) is 0 Å². The van der Waals surface area contributed by atoms with Crippen LogP contribution in [0, 0.1) is 5.92 Å². The molecule has 0 radical (unpaired) electrons. The molecule has 1 N–H and O–H groups in total.